The van der Waals surface area contributed by atoms with Crippen molar-refractivity contribution in [3.63, 3.8) is 0 Å². The predicted octanol–water partition coefficient (Wildman–Crippen LogP) is 25.7. The summed E-state index contributed by atoms with van der Waals surface area (Å²) in [5.74, 6) is 0. The fraction of sp³-hybridized carbons (Fsp3) is 0.161. The highest BCUT2D eigenvalue weighted by molar-refractivity contribution is 6.23. The molecule has 5 aliphatic carbocycles. The van der Waals surface area contributed by atoms with E-state index in [1.54, 1.807) is 0 Å². The lowest BCUT2D eigenvalue weighted by Crippen LogP contribution is -2.24. The lowest BCUT2D eigenvalue weighted by atomic mass is 9.72. The number of rotatable bonds is 5. The average molecular weight is 1250 g/mol. The minimum Gasteiger partial charge on any atom is -0.455 e. The van der Waals surface area contributed by atoms with Gasteiger partial charge in [-0.25, -0.2) is 0 Å². The van der Waals surface area contributed by atoms with E-state index in [0.717, 1.165) is 83.4 Å². The molecule has 0 N–H and O–H groups in total. The van der Waals surface area contributed by atoms with Crippen LogP contribution in [0.1, 0.15) is 125 Å². The van der Waals surface area contributed by atoms with E-state index in [0.29, 0.717) is 0 Å². The van der Waals surface area contributed by atoms with Crippen LogP contribution in [0.25, 0.3) is 144 Å². The van der Waals surface area contributed by atoms with E-state index in [1.807, 2.05) is 0 Å². The Balaban J connectivity index is 0.789. The zero-order valence-electron chi connectivity index (χ0n) is 56.2. The highest BCUT2D eigenvalue weighted by atomic mass is 16.3. The maximum Gasteiger partial charge on any atom is 0.144 e. The number of benzene rings is 13. The molecule has 0 saturated heterocycles. The Bertz CT molecular complexity index is 6290. The minimum atomic E-state index is -0.415. The maximum absolute atomic E-state index is 7.15. The molecule has 0 spiro atoms. The van der Waals surface area contributed by atoms with Gasteiger partial charge in [0.25, 0.3) is 0 Å². The summed E-state index contributed by atoms with van der Waals surface area (Å²) in [7, 11) is 0. The summed E-state index contributed by atoms with van der Waals surface area (Å²) in [4.78, 5) is 2.57. The van der Waals surface area contributed by atoms with Crippen molar-refractivity contribution >= 4 is 82.9 Å². The van der Waals surface area contributed by atoms with E-state index in [-0.39, 0.29) is 16.2 Å². The number of anilines is 3. The van der Waals surface area contributed by atoms with Gasteiger partial charge in [0.1, 0.15) is 33.5 Å². The van der Waals surface area contributed by atoms with E-state index < -0.39 is 10.8 Å². The highest BCUT2D eigenvalue weighted by Gasteiger charge is 2.50. The standard InChI is InChI=1S/C93H69NO3/c1-89(2)66-31-19-14-26-55(66)56-40-36-51(44-68(56)89)65-49-73-78(81-62-29-17-22-34-75(62)96-87(65)81)59-42-38-53(46-70(59)91(73,5)6)94(52-37-41-58-69(45-52)90(3,4)72-48-64(50-24-12-11-13-25-50)86-80(77(58)72)61-28-16-21-33-74(61)95-86)54-39-43-60-71(47-54)93(9,10)84-79(60)82-63-30-18-23-35-76(63)97-88(82)83-57-27-15-20-32-67(57)92(7,8)85(83)84/h11-49H,1-10H3. The number of furan rings is 3. The summed E-state index contributed by atoms with van der Waals surface area (Å²) in [6, 6.07) is 88.8. The maximum atomic E-state index is 7.15. The summed E-state index contributed by atoms with van der Waals surface area (Å²) < 4.78 is 21.2. The fourth-order valence-electron chi connectivity index (χ4n) is 19.5. The largest absolute Gasteiger partial charge is 0.455 e. The average Bonchev–Trinajstić information content (AvgIpc) is 1.50. The van der Waals surface area contributed by atoms with Gasteiger partial charge in [0.05, 0.1) is 0 Å². The first-order valence-corrected chi connectivity index (χ1v) is 34.5. The first-order chi connectivity index (χ1) is 46.9. The van der Waals surface area contributed by atoms with Crippen LogP contribution in [0.3, 0.4) is 0 Å². The van der Waals surface area contributed by atoms with Crippen LogP contribution >= 0.6 is 0 Å². The van der Waals surface area contributed by atoms with E-state index in [2.05, 4.69) is 311 Å². The van der Waals surface area contributed by atoms with Gasteiger partial charge in [-0.15, -0.1) is 0 Å². The monoisotopic (exact) mass is 1250 g/mol. The Morgan fingerprint density at radius 2 is 0.598 bits per heavy atom. The Morgan fingerprint density at radius 3 is 1.14 bits per heavy atom. The highest BCUT2D eigenvalue weighted by Crippen LogP contribution is 2.65. The van der Waals surface area contributed by atoms with Crippen molar-refractivity contribution < 1.29 is 13.3 Å². The number of hydrogen-bond donors (Lipinski definition) is 0. The molecule has 16 aromatic rings. The van der Waals surface area contributed by atoms with Gasteiger partial charge in [-0.3, -0.25) is 0 Å². The van der Waals surface area contributed by atoms with Crippen molar-refractivity contribution in [3.05, 3.63) is 292 Å². The molecule has 3 aromatic heterocycles. The van der Waals surface area contributed by atoms with Crippen molar-refractivity contribution in [3.8, 4) is 77.9 Å². The van der Waals surface area contributed by atoms with Crippen molar-refractivity contribution in [1.29, 1.82) is 0 Å². The first kappa shape index (κ1) is 55.4. The normalized spacial score (nSPS) is 16.1. The molecule has 0 atom stereocenters. The van der Waals surface area contributed by atoms with Crippen molar-refractivity contribution in [1.82, 2.24) is 0 Å². The van der Waals surface area contributed by atoms with Gasteiger partial charge in [0.2, 0.25) is 0 Å². The minimum absolute atomic E-state index is 0.154. The Morgan fingerprint density at radius 1 is 0.237 bits per heavy atom. The van der Waals surface area contributed by atoms with Gasteiger partial charge in [0, 0.05) is 93.1 Å². The molecule has 13 aromatic carbocycles. The molecule has 97 heavy (non-hydrogen) atoms. The number of fused-ring (bicyclic) bond motifs is 29. The molecule has 21 rings (SSSR count). The smallest absolute Gasteiger partial charge is 0.144 e. The molecule has 464 valence electrons. The Kier molecular flexibility index (Phi) is 10.5. The second kappa shape index (κ2) is 18.3. The summed E-state index contributed by atoms with van der Waals surface area (Å²) in [5, 5.41) is 6.99. The van der Waals surface area contributed by atoms with Gasteiger partial charge in [-0.1, -0.05) is 233 Å². The van der Waals surface area contributed by atoms with Crippen molar-refractivity contribution in [2.24, 2.45) is 0 Å². The van der Waals surface area contributed by atoms with Crippen LogP contribution in [0.5, 0.6) is 0 Å². The molecule has 0 unspecified atom stereocenters. The Hall–Kier alpha value is -10.9. The number of para-hydroxylation sites is 3. The zero-order chi connectivity index (χ0) is 65.3. The molecule has 0 saturated carbocycles. The van der Waals surface area contributed by atoms with Gasteiger partial charge in [-0.05, 0) is 190 Å². The van der Waals surface area contributed by atoms with E-state index in [4.69, 9.17) is 13.3 Å². The van der Waals surface area contributed by atoms with Crippen LogP contribution in [0.15, 0.2) is 250 Å². The van der Waals surface area contributed by atoms with Crippen LogP contribution in [0.4, 0.5) is 17.1 Å². The third kappa shape index (κ3) is 6.88. The van der Waals surface area contributed by atoms with Crippen LogP contribution in [-0.2, 0) is 27.1 Å². The molecule has 4 heteroatoms. The van der Waals surface area contributed by atoms with E-state index in [1.165, 1.54) is 133 Å². The van der Waals surface area contributed by atoms with Crippen LogP contribution in [0.2, 0.25) is 0 Å². The molecule has 0 radical (unpaired) electrons. The Labute approximate surface area is 564 Å². The summed E-state index contributed by atoms with van der Waals surface area (Å²) in [6.45, 7) is 24.3. The summed E-state index contributed by atoms with van der Waals surface area (Å²) in [6.07, 6.45) is 0. The second-order valence-electron chi connectivity index (χ2n) is 31.0. The lowest BCUT2D eigenvalue weighted by Gasteiger charge is -2.32. The van der Waals surface area contributed by atoms with Crippen molar-refractivity contribution in [2.75, 3.05) is 4.90 Å². The summed E-state index contributed by atoms with van der Waals surface area (Å²) in [5.41, 5.74) is 37.8. The number of nitrogens with zero attached hydrogens (tertiary/aromatic N) is 1. The van der Waals surface area contributed by atoms with E-state index in [9.17, 15) is 0 Å². The molecule has 3 heterocycles. The fourth-order valence-corrected chi connectivity index (χ4v) is 19.5. The molecule has 0 bridgehead atoms. The van der Waals surface area contributed by atoms with Gasteiger partial charge >= 0.3 is 0 Å². The summed E-state index contributed by atoms with van der Waals surface area (Å²) >= 11 is 0. The van der Waals surface area contributed by atoms with Gasteiger partial charge < -0.3 is 18.2 Å². The first-order valence-electron chi connectivity index (χ1n) is 34.5. The zero-order valence-corrected chi connectivity index (χ0v) is 56.2. The van der Waals surface area contributed by atoms with Crippen molar-refractivity contribution in [2.45, 2.75) is 96.3 Å². The molecular formula is C93H69NO3. The van der Waals surface area contributed by atoms with Crippen LogP contribution < -0.4 is 4.90 Å². The predicted molar refractivity (Wildman–Crippen MR) is 402 cm³/mol. The molecule has 0 aliphatic heterocycles. The molecule has 0 fully saturated rings. The molecular weight excluding hydrogens is 1180 g/mol. The lowest BCUT2D eigenvalue weighted by molar-refractivity contribution is 0.600. The molecule has 5 aliphatic rings. The SMILES string of the molecule is CC1(C)c2ccccc2-c2ccc(-c3cc4c(c5c3oc3ccccc35)-c3ccc(N(c5ccc6c(c5)C(C)(C)c5cc(-c7ccccc7)c7oc8ccccc8c7c5-6)c5ccc6c(c5)C(C)(C)c5c7c(c8oc9ccccc9c8c5-6)-c5ccccc5C7(C)C)cc3C4(C)C)cc21. The third-order valence-electron chi connectivity index (χ3n) is 24.2. The van der Waals surface area contributed by atoms with Crippen LogP contribution in [-0.4, -0.2) is 0 Å². The third-order valence-corrected chi connectivity index (χ3v) is 24.2. The topological polar surface area (TPSA) is 42.7 Å². The van der Waals surface area contributed by atoms with Gasteiger partial charge in [-0.2, -0.15) is 0 Å². The number of hydrogen-bond acceptors (Lipinski definition) is 4. The second-order valence-corrected chi connectivity index (χ2v) is 31.0. The molecule has 4 nitrogen and oxygen atoms in total. The van der Waals surface area contributed by atoms with Crippen LogP contribution in [0, 0.1) is 0 Å². The van der Waals surface area contributed by atoms with Gasteiger partial charge in [0.15, 0.2) is 0 Å². The van der Waals surface area contributed by atoms with E-state index >= 15 is 0 Å². The molecule has 0 amide bonds. The quantitative estimate of drug-likeness (QED) is 0.172.